The number of halogens is 2. The summed E-state index contributed by atoms with van der Waals surface area (Å²) in [5.74, 6) is -0.181. The molecule has 1 aliphatic heterocycles. The molecular formula is C17H26F2N2O. The number of piperazine rings is 1. The Hall–Kier alpha value is -1.04. The SMILES string of the molecule is CC(C)CN1CCN(Cc2cc(F)ccc2F)C[C@@H]1CCO. The van der Waals surface area contributed by atoms with Crippen molar-refractivity contribution in [2.75, 3.05) is 32.8 Å². The van der Waals surface area contributed by atoms with Crippen LogP contribution >= 0.6 is 0 Å². The van der Waals surface area contributed by atoms with Crippen LogP contribution in [0.15, 0.2) is 18.2 Å². The van der Waals surface area contributed by atoms with Crippen molar-refractivity contribution in [2.24, 2.45) is 5.92 Å². The third-order valence-corrected chi connectivity index (χ3v) is 4.15. The monoisotopic (exact) mass is 312 g/mol. The molecule has 0 aromatic heterocycles. The standard InChI is InChI=1S/C17H26F2N2O/c1-13(2)10-21-7-6-20(12-16(21)5-8-22)11-14-9-15(18)3-4-17(14)19/h3-4,9,13,16,22H,5-8,10-12H2,1-2H3/t16-/m0/s1. The van der Waals surface area contributed by atoms with Crippen LogP contribution in [0.5, 0.6) is 0 Å². The average molecular weight is 312 g/mol. The zero-order valence-corrected chi connectivity index (χ0v) is 13.4. The number of aliphatic hydroxyl groups is 1. The molecule has 1 heterocycles. The maximum Gasteiger partial charge on any atom is 0.127 e. The van der Waals surface area contributed by atoms with Crippen LogP contribution in [0.1, 0.15) is 25.8 Å². The van der Waals surface area contributed by atoms with Gasteiger partial charge < -0.3 is 5.11 Å². The van der Waals surface area contributed by atoms with E-state index in [-0.39, 0.29) is 18.5 Å². The van der Waals surface area contributed by atoms with Crippen LogP contribution in [0.25, 0.3) is 0 Å². The van der Waals surface area contributed by atoms with Gasteiger partial charge >= 0.3 is 0 Å². The fourth-order valence-electron chi connectivity index (χ4n) is 3.14. The molecule has 0 unspecified atom stereocenters. The second-order valence-corrected chi connectivity index (χ2v) is 6.53. The molecule has 1 saturated heterocycles. The molecule has 1 N–H and O–H groups in total. The Labute approximate surface area is 131 Å². The van der Waals surface area contributed by atoms with Crippen molar-refractivity contribution < 1.29 is 13.9 Å². The number of hydrogen-bond acceptors (Lipinski definition) is 3. The van der Waals surface area contributed by atoms with Gasteiger partial charge in [0, 0.05) is 50.9 Å². The zero-order valence-electron chi connectivity index (χ0n) is 13.4. The lowest BCUT2D eigenvalue weighted by Crippen LogP contribution is -2.53. The van der Waals surface area contributed by atoms with E-state index in [1.165, 1.54) is 12.1 Å². The third-order valence-electron chi connectivity index (χ3n) is 4.15. The van der Waals surface area contributed by atoms with Gasteiger partial charge in [-0.05, 0) is 30.5 Å². The minimum absolute atomic E-state index is 0.154. The van der Waals surface area contributed by atoms with E-state index in [0.29, 0.717) is 18.0 Å². The second kappa shape index (κ2) is 7.99. The minimum Gasteiger partial charge on any atom is -0.396 e. The fourth-order valence-corrected chi connectivity index (χ4v) is 3.14. The average Bonchev–Trinajstić information content (AvgIpc) is 2.45. The van der Waals surface area contributed by atoms with Gasteiger partial charge in [-0.3, -0.25) is 9.80 Å². The zero-order chi connectivity index (χ0) is 16.1. The molecule has 1 fully saturated rings. The normalized spacial score (nSPS) is 20.7. The van der Waals surface area contributed by atoms with Crippen molar-refractivity contribution in [3.63, 3.8) is 0 Å². The van der Waals surface area contributed by atoms with Gasteiger partial charge in [-0.15, -0.1) is 0 Å². The number of benzene rings is 1. The third kappa shape index (κ3) is 4.73. The van der Waals surface area contributed by atoms with E-state index in [1.807, 2.05) is 0 Å². The first-order valence-electron chi connectivity index (χ1n) is 8.00. The summed E-state index contributed by atoms with van der Waals surface area (Å²) in [5, 5.41) is 9.27. The van der Waals surface area contributed by atoms with Crippen LogP contribution < -0.4 is 0 Å². The molecule has 3 nitrogen and oxygen atoms in total. The Morgan fingerprint density at radius 2 is 2.05 bits per heavy atom. The Balaban J connectivity index is 2.00. The highest BCUT2D eigenvalue weighted by atomic mass is 19.1. The Morgan fingerprint density at radius 1 is 1.27 bits per heavy atom. The van der Waals surface area contributed by atoms with E-state index in [9.17, 15) is 13.9 Å². The lowest BCUT2D eigenvalue weighted by Gasteiger charge is -2.42. The highest BCUT2D eigenvalue weighted by Gasteiger charge is 2.27. The summed E-state index contributed by atoms with van der Waals surface area (Å²) < 4.78 is 27.1. The summed E-state index contributed by atoms with van der Waals surface area (Å²) in [7, 11) is 0. The number of hydrogen-bond donors (Lipinski definition) is 1. The van der Waals surface area contributed by atoms with Crippen molar-refractivity contribution in [1.82, 2.24) is 9.80 Å². The highest BCUT2D eigenvalue weighted by Crippen LogP contribution is 2.18. The number of rotatable bonds is 6. The Kier molecular flexibility index (Phi) is 6.29. The van der Waals surface area contributed by atoms with Crippen LogP contribution in [0.3, 0.4) is 0 Å². The molecule has 0 amide bonds. The number of nitrogens with zero attached hydrogens (tertiary/aromatic N) is 2. The van der Waals surface area contributed by atoms with Gasteiger partial charge in [0.1, 0.15) is 11.6 Å². The largest absolute Gasteiger partial charge is 0.396 e. The molecule has 0 spiro atoms. The first-order valence-corrected chi connectivity index (χ1v) is 8.00. The van der Waals surface area contributed by atoms with E-state index in [0.717, 1.165) is 38.7 Å². The molecule has 0 saturated carbocycles. The predicted octanol–water partition coefficient (Wildman–Crippen LogP) is 2.49. The van der Waals surface area contributed by atoms with Crippen molar-refractivity contribution in [3.05, 3.63) is 35.4 Å². The van der Waals surface area contributed by atoms with Crippen molar-refractivity contribution in [1.29, 1.82) is 0 Å². The van der Waals surface area contributed by atoms with Gasteiger partial charge in [-0.25, -0.2) is 8.78 Å². The molecule has 22 heavy (non-hydrogen) atoms. The predicted molar refractivity (Wildman–Crippen MR) is 83.5 cm³/mol. The summed E-state index contributed by atoms with van der Waals surface area (Å²) >= 11 is 0. The van der Waals surface area contributed by atoms with E-state index >= 15 is 0 Å². The molecule has 1 aliphatic rings. The molecule has 5 heteroatoms. The van der Waals surface area contributed by atoms with Gasteiger partial charge in [-0.2, -0.15) is 0 Å². The van der Waals surface area contributed by atoms with Gasteiger partial charge in [0.25, 0.3) is 0 Å². The van der Waals surface area contributed by atoms with Crippen molar-refractivity contribution in [2.45, 2.75) is 32.9 Å². The molecule has 124 valence electrons. The topological polar surface area (TPSA) is 26.7 Å². The van der Waals surface area contributed by atoms with Crippen molar-refractivity contribution >= 4 is 0 Å². The van der Waals surface area contributed by atoms with E-state index in [2.05, 4.69) is 23.6 Å². The summed E-state index contributed by atoms with van der Waals surface area (Å²) in [6.45, 7) is 8.47. The summed E-state index contributed by atoms with van der Waals surface area (Å²) in [5.41, 5.74) is 0.403. The summed E-state index contributed by atoms with van der Waals surface area (Å²) in [6.07, 6.45) is 0.717. The molecule has 0 bridgehead atoms. The minimum atomic E-state index is -0.401. The molecule has 2 rings (SSSR count). The first-order chi connectivity index (χ1) is 10.5. The lowest BCUT2D eigenvalue weighted by atomic mass is 10.1. The Morgan fingerprint density at radius 3 is 2.73 bits per heavy atom. The molecule has 1 aromatic rings. The van der Waals surface area contributed by atoms with Crippen LogP contribution in [-0.4, -0.2) is 53.7 Å². The van der Waals surface area contributed by atoms with Gasteiger partial charge in [-0.1, -0.05) is 13.8 Å². The van der Waals surface area contributed by atoms with E-state index in [4.69, 9.17) is 0 Å². The molecule has 1 atom stereocenters. The van der Waals surface area contributed by atoms with Crippen LogP contribution in [0.4, 0.5) is 8.78 Å². The molecule has 1 aromatic carbocycles. The van der Waals surface area contributed by atoms with Gasteiger partial charge in [0.2, 0.25) is 0 Å². The maximum absolute atomic E-state index is 13.8. The van der Waals surface area contributed by atoms with E-state index < -0.39 is 5.82 Å². The molecular weight excluding hydrogens is 286 g/mol. The number of aliphatic hydroxyl groups excluding tert-OH is 1. The first kappa shape index (κ1) is 17.3. The quantitative estimate of drug-likeness (QED) is 0.874. The van der Waals surface area contributed by atoms with Crippen LogP contribution in [-0.2, 0) is 6.54 Å². The van der Waals surface area contributed by atoms with Crippen molar-refractivity contribution in [3.8, 4) is 0 Å². The second-order valence-electron chi connectivity index (χ2n) is 6.53. The van der Waals surface area contributed by atoms with E-state index in [1.54, 1.807) is 0 Å². The van der Waals surface area contributed by atoms with Gasteiger partial charge in [0.05, 0.1) is 0 Å². The summed E-state index contributed by atoms with van der Waals surface area (Å²) in [6, 6.07) is 3.88. The Bertz CT molecular complexity index is 482. The molecule has 0 radical (unpaired) electrons. The van der Waals surface area contributed by atoms with Gasteiger partial charge in [0.15, 0.2) is 0 Å². The summed E-state index contributed by atoms with van der Waals surface area (Å²) in [4.78, 5) is 4.55. The highest BCUT2D eigenvalue weighted by molar-refractivity contribution is 5.18. The van der Waals surface area contributed by atoms with Crippen LogP contribution in [0, 0.1) is 17.6 Å². The maximum atomic E-state index is 13.8. The fraction of sp³-hybridized carbons (Fsp3) is 0.647. The van der Waals surface area contributed by atoms with Crippen LogP contribution in [0.2, 0.25) is 0 Å². The smallest absolute Gasteiger partial charge is 0.127 e. The molecule has 0 aliphatic carbocycles. The lowest BCUT2D eigenvalue weighted by molar-refractivity contribution is 0.0472.